The maximum Gasteiger partial charge on any atom is 0.172 e. The Bertz CT molecular complexity index is 711. The van der Waals surface area contributed by atoms with Gasteiger partial charge in [-0.2, -0.15) is 0 Å². The average molecular weight is 346 g/mol. The molecule has 2 heterocycles. The lowest BCUT2D eigenvalue weighted by atomic mass is 10.1. The van der Waals surface area contributed by atoms with Crippen molar-refractivity contribution in [3.05, 3.63) is 52.3 Å². The average Bonchev–Trinajstić information content (AvgIpc) is 3.03. The zero-order chi connectivity index (χ0) is 13.9. The number of hydrogen-bond acceptors (Lipinski definition) is 4. The lowest BCUT2D eigenvalue weighted by Gasteiger charge is -2.10. The minimum absolute atomic E-state index is 0.742. The van der Waals surface area contributed by atoms with Crippen LogP contribution in [0.25, 0.3) is 22.0 Å². The Hall–Kier alpha value is -1.72. The Morgan fingerprint density at radius 3 is 2.50 bits per heavy atom. The molecular formula is C15H12BrN3S. The second-order valence-corrected chi connectivity index (χ2v) is 5.89. The zero-order valence-electron chi connectivity index (χ0n) is 10.8. The van der Waals surface area contributed by atoms with E-state index in [-0.39, 0.29) is 0 Å². The van der Waals surface area contributed by atoms with Crippen LogP contribution in [0.5, 0.6) is 0 Å². The van der Waals surface area contributed by atoms with Gasteiger partial charge in [0.05, 0.1) is 15.0 Å². The van der Waals surface area contributed by atoms with Gasteiger partial charge in [-0.3, -0.25) is 0 Å². The molecule has 1 N–H and O–H groups in total. The number of benzene rings is 1. The minimum Gasteiger partial charge on any atom is -0.372 e. The second-order valence-electron chi connectivity index (χ2n) is 4.15. The van der Waals surface area contributed by atoms with Gasteiger partial charge in [-0.1, -0.05) is 36.4 Å². The number of thiophene rings is 1. The molecule has 0 spiro atoms. The molecule has 0 aliphatic carbocycles. The molecule has 0 amide bonds. The molecule has 3 aromatic rings. The van der Waals surface area contributed by atoms with E-state index >= 15 is 0 Å². The molecule has 0 saturated heterocycles. The molecule has 0 saturated carbocycles. The van der Waals surface area contributed by atoms with Crippen LogP contribution in [-0.2, 0) is 0 Å². The van der Waals surface area contributed by atoms with E-state index in [1.165, 1.54) is 0 Å². The van der Waals surface area contributed by atoms with E-state index in [9.17, 15) is 0 Å². The number of rotatable bonds is 3. The van der Waals surface area contributed by atoms with Crippen LogP contribution >= 0.6 is 27.3 Å². The first kappa shape index (κ1) is 13.3. The lowest BCUT2D eigenvalue weighted by molar-refractivity contribution is 1.16. The highest BCUT2D eigenvalue weighted by molar-refractivity contribution is 9.10. The Morgan fingerprint density at radius 2 is 1.85 bits per heavy atom. The Labute approximate surface area is 129 Å². The predicted octanol–water partition coefficient (Wildman–Crippen LogP) is 4.68. The first-order valence-electron chi connectivity index (χ1n) is 6.14. The Balaban J connectivity index is 2.21. The van der Waals surface area contributed by atoms with Gasteiger partial charge < -0.3 is 5.32 Å². The molecule has 0 aliphatic rings. The molecule has 1 aromatic carbocycles. The smallest absolute Gasteiger partial charge is 0.172 e. The number of anilines is 1. The molecule has 5 heteroatoms. The first-order valence-corrected chi connectivity index (χ1v) is 7.81. The predicted molar refractivity (Wildman–Crippen MR) is 88.0 cm³/mol. The summed E-state index contributed by atoms with van der Waals surface area (Å²) in [7, 11) is 1.86. The largest absolute Gasteiger partial charge is 0.372 e. The summed E-state index contributed by atoms with van der Waals surface area (Å²) in [6.07, 6.45) is 0. The van der Waals surface area contributed by atoms with E-state index in [0.29, 0.717) is 0 Å². The van der Waals surface area contributed by atoms with Gasteiger partial charge >= 0.3 is 0 Å². The van der Waals surface area contributed by atoms with Gasteiger partial charge in [0.2, 0.25) is 0 Å². The fraction of sp³-hybridized carbons (Fsp3) is 0.0667. The summed E-state index contributed by atoms with van der Waals surface area (Å²) >= 11 is 5.23. The van der Waals surface area contributed by atoms with Crippen molar-refractivity contribution in [1.82, 2.24) is 9.97 Å². The molecule has 2 aromatic heterocycles. The third-order valence-electron chi connectivity index (χ3n) is 2.88. The highest BCUT2D eigenvalue weighted by atomic mass is 79.9. The molecule has 3 nitrogen and oxygen atoms in total. The Kier molecular flexibility index (Phi) is 3.80. The molecule has 0 unspecified atom stereocenters. The van der Waals surface area contributed by atoms with Crippen molar-refractivity contribution in [3.63, 3.8) is 0 Å². The maximum atomic E-state index is 4.71. The van der Waals surface area contributed by atoms with Gasteiger partial charge in [0.15, 0.2) is 5.82 Å². The van der Waals surface area contributed by atoms with Crippen molar-refractivity contribution in [2.24, 2.45) is 0 Å². The summed E-state index contributed by atoms with van der Waals surface area (Å²) in [4.78, 5) is 10.3. The second kappa shape index (κ2) is 5.73. The van der Waals surface area contributed by atoms with Crippen LogP contribution in [0, 0.1) is 0 Å². The fourth-order valence-corrected chi connectivity index (χ4v) is 3.18. The normalized spacial score (nSPS) is 10.5. The Morgan fingerprint density at radius 1 is 1.05 bits per heavy atom. The maximum absolute atomic E-state index is 4.71. The first-order chi connectivity index (χ1) is 9.79. The van der Waals surface area contributed by atoms with Crippen molar-refractivity contribution in [3.8, 4) is 22.0 Å². The SMILES string of the molecule is CNc1nc(-c2cccs2)nc(-c2ccccc2)c1Br. The van der Waals surface area contributed by atoms with E-state index in [2.05, 4.69) is 26.2 Å². The molecule has 3 rings (SSSR count). The summed E-state index contributed by atoms with van der Waals surface area (Å²) in [5.41, 5.74) is 1.96. The fourth-order valence-electron chi connectivity index (χ4n) is 1.92. The van der Waals surface area contributed by atoms with Crippen LogP contribution in [0.4, 0.5) is 5.82 Å². The third-order valence-corrected chi connectivity index (χ3v) is 4.49. The number of nitrogens with one attached hydrogen (secondary N) is 1. The molecule has 0 bridgehead atoms. The number of nitrogens with zero attached hydrogens (tertiary/aromatic N) is 2. The van der Waals surface area contributed by atoms with Crippen LogP contribution in [0.3, 0.4) is 0 Å². The van der Waals surface area contributed by atoms with Crippen molar-refractivity contribution in [2.75, 3.05) is 12.4 Å². The van der Waals surface area contributed by atoms with Crippen molar-refractivity contribution < 1.29 is 0 Å². The van der Waals surface area contributed by atoms with Gasteiger partial charge in [-0.15, -0.1) is 11.3 Å². The van der Waals surface area contributed by atoms with Crippen molar-refractivity contribution in [2.45, 2.75) is 0 Å². The van der Waals surface area contributed by atoms with E-state index < -0.39 is 0 Å². The van der Waals surface area contributed by atoms with Gasteiger partial charge in [-0.05, 0) is 27.4 Å². The van der Waals surface area contributed by atoms with Crippen LogP contribution < -0.4 is 5.32 Å². The number of halogens is 1. The molecular weight excluding hydrogens is 334 g/mol. The van der Waals surface area contributed by atoms with Crippen LogP contribution in [0.1, 0.15) is 0 Å². The van der Waals surface area contributed by atoms with Crippen LogP contribution in [0.2, 0.25) is 0 Å². The summed E-state index contributed by atoms with van der Waals surface area (Å²) in [6.45, 7) is 0. The van der Waals surface area contributed by atoms with Crippen molar-refractivity contribution in [1.29, 1.82) is 0 Å². The highest BCUT2D eigenvalue weighted by Crippen LogP contribution is 2.34. The van der Waals surface area contributed by atoms with Gasteiger partial charge in [-0.25, -0.2) is 9.97 Å². The molecule has 0 fully saturated rings. The minimum atomic E-state index is 0.742. The van der Waals surface area contributed by atoms with Gasteiger partial charge in [0, 0.05) is 12.6 Å². The monoisotopic (exact) mass is 345 g/mol. The van der Waals surface area contributed by atoms with Crippen LogP contribution in [-0.4, -0.2) is 17.0 Å². The van der Waals surface area contributed by atoms with E-state index in [0.717, 1.165) is 32.2 Å². The number of hydrogen-bond donors (Lipinski definition) is 1. The summed E-state index contributed by atoms with van der Waals surface area (Å²) in [5, 5.41) is 5.14. The van der Waals surface area contributed by atoms with Crippen LogP contribution in [0.15, 0.2) is 52.3 Å². The summed E-state index contributed by atoms with van der Waals surface area (Å²) < 4.78 is 0.881. The molecule has 0 aliphatic heterocycles. The van der Waals surface area contributed by atoms with Gasteiger partial charge in [0.25, 0.3) is 0 Å². The van der Waals surface area contributed by atoms with E-state index in [1.807, 2.05) is 54.9 Å². The van der Waals surface area contributed by atoms with Crippen molar-refractivity contribution >= 4 is 33.1 Å². The third kappa shape index (κ3) is 2.46. The lowest BCUT2D eigenvalue weighted by Crippen LogP contribution is -2.00. The summed E-state index contributed by atoms with van der Waals surface area (Å²) in [5.74, 6) is 1.54. The molecule has 20 heavy (non-hydrogen) atoms. The highest BCUT2D eigenvalue weighted by Gasteiger charge is 2.14. The van der Waals surface area contributed by atoms with Gasteiger partial charge in [0.1, 0.15) is 5.82 Å². The van der Waals surface area contributed by atoms with E-state index in [4.69, 9.17) is 4.98 Å². The topological polar surface area (TPSA) is 37.8 Å². The molecule has 0 atom stereocenters. The summed E-state index contributed by atoms with van der Waals surface area (Å²) in [6, 6.07) is 14.1. The van der Waals surface area contributed by atoms with E-state index in [1.54, 1.807) is 11.3 Å². The number of aromatic nitrogens is 2. The molecule has 0 radical (unpaired) electrons. The quantitative estimate of drug-likeness (QED) is 0.749. The standard InChI is InChI=1S/C15H12BrN3S/c1-17-15-12(16)13(10-6-3-2-4-7-10)18-14(19-15)11-8-5-9-20-11/h2-9H,1H3,(H,17,18,19). The zero-order valence-corrected chi connectivity index (χ0v) is 13.2. The molecule has 100 valence electrons.